The van der Waals surface area contributed by atoms with Gasteiger partial charge in [0.25, 0.3) is 11.2 Å². The van der Waals surface area contributed by atoms with Crippen molar-refractivity contribution in [2.24, 2.45) is 0 Å². The minimum Gasteiger partial charge on any atom is -0.369 e. The minimum atomic E-state index is -6.60. The lowest BCUT2D eigenvalue weighted by molar-refractivity contribution is -0.378. The van der Waals surface area contributed by atoms with Gasteiger partial charge in [-0.1, -0.05) is 24.8 Å². The quantitative estimate of drug-likeness (QED) is 0.659. The number of hydrogen-bond donors (Lipinski definition) is 2. The molecule has 0 radical (unpaired) electrons. The fourth-order valence-electron chi connectivity index (χ4n) is 2.23. The number of benzene rings is 1. The number of alkyl halides is 12. The van der Waals surface area contributed by atoms with Crippen molar-refractivity contribution in [2.45, 2.75) is 35.9 Å². The molecule has 1 aromatic rings. The molecule has 160 valence electrons. The lowest BCUT2D eigenvalue weighted by Gasteiger charge is -2.36. The van der Waals surface area contributed by atoms with E-state index >= 15 is 0 Å². The Morgan fingerprint density at radius 3 is 1.29 bits per heavy atom. The first-order valence-corrected chi connectivity index (χ1v) is 6.65. The van der Waals surface area contributed by atoms with E-state index in [-0.39, 0.29) is 18.2 Å². The summed E-state index contributed by atoms with van der Waals surface area (Å²) in [5.41, 5.74) is -17.8. The molecule has 0 atom stereocenters. The van der Waals surface area contributed by atoms with Gasteiger partial charge in [0.15, 0.2) is 0 Å². The Morgan fingerprint density at radius 1 is 0.643 bits per heavy atom. The molecule has 0 fully saturated rings. The molecular formula is C14H8F12O2. The lowest BCUT2D eigenvalue weighted by Crippen LogP contribution is -2.56. The molecule has 0 aliphatic carbocycles. The van der Waals surface area contributed by atoms with E-state index in [1.807, 2.05) is 0 Å². The summed E-state index contributed by atoms with van der Waals surface area (Å²) in [7, 11) is 0. The van der Waals surface area contributed by atoms with E-state index in [0.29, 0.717) is 0 Å². The molecule has 0 aliphatic heterocycles. The average molecular weight is 436 g/mol. The van der Waals surface area contributed by atoms with Gasteiger partial charge in [-0.05, 0) is 11.6 Å². The van der Waals surface area contributed by atoms with E-state index in [9.17, 15) is 62.9 Å². The second-order valence-electron chi connectivity index (χ2n) is 5.42. The summed E-state index contributed by atoms with van der Waals surface area (Å²) in [6.07, 6.45) is -26.1. The Hall–Kier alpha value is -1.96. The lowest BCUT2D eigenvalue weighted by atomic mass is 9.83. The summed E-state index contributed by atoms with van der Waals surface area (Å²) in [6.45, 7) is 2.81. The van der Waals surface area contributed by atoms with Gasteiger partial charge in [-0.15, -0.1) is 0 Å². The predicted molar refractivity (Wildman–Crippen MR) is 68.5 cm³/mol. The van der Waals surface area contributed by atoms with Crippen molar-refractivity contribution in [1.82, 2.24) is 0 Å². The van der Waals surface area contributed by atoms with Crippen LogP contribution >= 0.6 is 0 Å². The maximum atomic E-state index is 13.0. The molecule has 0 spiro atoms. The molecular weight excluding hydrogens is 428 g/mol. The maximum Gasteiger partial charge on any atom is 0.430 e. The average Bonchev–Trinajstić information content (AvgIpc) is 2.48. The molecule has 0 bridgehead atoms. The maximum absolute atomic E-state index is 13.0. The largest absolute Gasteiger partial charge is 0.430 e. The molecule has 1 aromatic carbocycles. The van der Waals surface area contributed by atoms with E-state index in [0.717, 1.165) is 0 Å². The Kier molecular flexibility index (Phi) is 5.62. The highest BCUT2D eigenvalue weighted by Gasteiger charge is 2.74. The van der Waals surface area contributed by atoms with Crippen molar-refractivity contribution >= 4 is 6.08 Å². The van der Waals surface area contributed by atoms with Crippen LogP contribution in [-0.4, -0.2) is 34.9 Å². The number of halogens is 12. The van der Waals surface area contributed by atoms with Crippen molar-refractivity contribution in [1.29, 1.82) is 0 Å². The van der Waals surface area contributed by atoms with Crippen LogP contribution in [-0.2, 0) is 11.2 Å². The highest BCUT2D eigenvalue weighted by atomic mass is 19.4. The van der Waals surface area contributed by atoms with Crippen LogP contribution in [0.2, 0.25) is 0 Å². The first-order chi connectivity index (χ1) is 12.2. The van der Waals surface area contributed by atoms with E-state index in [1.165, 1.54) is 0 Å². The molecule has 0 aliphatic rings. The second kappa shape index (κ2) is 6.54. The molecule has 2 nitrogen and oxygen atoms in total. The van der Waals surface area contributed by atoms with Crippen LogP contribution in [0.1, 0.15) is 16.7 Å². The SMILES string of the molecule is C=Cc1ccc(C(O)(C(F)(F)F)C(F)(F)F)cc1C(O)(C(F)(F)F)C(F)(F)F. The fourth-order valence-corrected chi connectivity index (χ4v) is 2.23. The number of hydrogen-bond acceptors (Lipinski definition) is 2. The monoisotopic (exact) mass is 436 g/mol. The summed E-state index contributed by atoms with van der Waals surface area (Å²) in [5, 5.41) is 18.5. The molecule has 2 N–H and O–H groups in total. The summed E-state index contributed by atoms with van der Waals surface area (Å²) in [5.74, 6) is 0. The standard InChI is InChI=1S/C14H8F12O2/c1-2-6-3-4-7(9(27,11(15,16)17)12(18,19)20)5-8(6)10(28,13(21,22)23)14(24,25)26/h2-5,27-28H,1H2. The topological polar surface area (TPSA) is 40.5 Å². The van der Waals surface area contributed by atoms with Crippen LogP contribution in [0.15, 0.2) is 24.8 Å². The van der Waals surface area contributed by atoms with Gasteiger partial charge in [0.1, 0.15) is 0 Å². The first kappa shape index (κ1) is 24.1. The molecule has 28 heavy (non-hydrogen) atoms. The van der Waals surface area contributed by atoms with Crippen molar-refractivity contribution in [3.63, 3.8) is 0 Å². The third-order valence-corrected chi connectivity index (χ3v) is 3.72. The minimum absolute atomic E-state index is 0.0113. The highest BCUT2D eigenvalue weighted by molar-refractivity contribution is 5.56. The predicted octanol–water partition coefficient (Wildman–Crippen LogP) is 4.95. The fraction of sp³-hybridized carbons (Fsp3) is 0.429. The van der Waals surface area contributed by atoms with Crippen molar-refractivity contribution in [2.75, 3.05) is 0 Å². The molecule has 0 saturated heterocycles. The third kappa shape index (κ3) is 3.43. The molecule has 1 rings (SSSR count). The second-order valence-corrected chi connectivity index (χ2v) is 5.42. The summed E-state index contributed by atoms with van der Waals surface area (Å²) in [6, 6.07) is -1.06. The zero-order valence-corrected chi connectivity index (χ0v) is 12.9. The van der Waals surface area contributed by atoms with E-state index in [2.05, 4.69) is 6.58 Å². The smallest absolute Gasteiger partial charge is 0.369 e. The van der Waals surface area contributed by atoms with Gasteiger partial charge >= 0.3 is 24.7 Å². The van der Waals surface area contributed by atoms with Gasteiger partial charge in [-0.25, -0.2) is 0 Å². The van der Waals surface area contributed by atoms with E-state index in [4.69, 9.17) is 0 Å². The number of aliphatic hydroxyl groups is 2. The van der Waals surface area contributed by atoms with Crippen molar-refractivity contribution < 1.29 is 62.9 Å². The van der Waals surface area contributed by atoms with Gasteiger partial charge in [-0.2, -0.15) is 52.7 Å². The zero-order chi connectivity index (χ0) is 22.6. The summed E-state index contributed by atoms with van der Waals surface area (Å²) >= 11 is 0. The van der Waals surface area contributed by atoms with Crippen molar-refractivity contribution in [3.8, 4) is 0 Å². The number of rotatable bonds is 3. The molecule has 0 unspecified atom stereocenters. The van der Waals surface area contributed by atoms with Crippen LogP contribution in [0.25, 0.3) is 6.08 Å². The van der Waals surface area contributed by atoms with Gasteiger partial charge < -0.3 is 10.2 Å². The van der Waals surface area contributed by atoms with Crippen LogP contribution < -0.4 is 0 Å². The molecule has 14 heteroatoms. The Balaban J connectivity index is 4.04. The molecule has 0 amide bonds. The Bertz CT molecular complexity index is 711. The zero-order valence-electron chi connectivity index (χ0n) is 12.9. The van der Waals surface area contributed by atoms with Crippen LogP contribution in [0.3, 0.4) is 0 Å². The molecule has 0 saturated carbocycles. The Morgan fingerprint density at radius 2 is 1.00 bits per heavy atom. The van der Waals surface area contributed by atoms with Crippen molar-refractivity contribution in [3.05, 3.63) is 41.5 Å². The van der Waals surface area contributed by atoms with E-state index < -0.39 is 58.7 Å². The van der Waals surface area contributed by atoms with E-state index in [1.54, 1.807) is 0 Å². The van der Waals surface area contributed by atoms with Crippen LogP contribution in [0.5, 0.6) is 0 Å². The van der Waals surface area contributed by atoms with Gasteiger partial charge in [0.2, 0.25) is 0 Å². The molecule has 0 aromatic heterocycles. The summed E-state index contributed by atoms with van der Waals surface area (Å²) in [4.78, 5) is 0. The first-order valence-electron chi connectivity index (χ1n) is 6.65. The normalized spacial score (nSPS) is 14.9. The van der Waals surface area contributed by atoms with Crippen LogP contribution in [0.4, 0.5) is 52.7 Å². The molecule has 0 heterocycles. The van der Waals surface area contributed by atoms with Gasteiger partial charge in [0, 0.05) is 11.1 Å². The summed E-state index contributed by atoms with van der Waals surface area (Å²) < 4.78 is 155. The highest BCUT2D eigenvalue weighted by Crippen LogP contribution is 2.54. The van der Waals surface area contributed by atoms with Gasteiger partial charge in [0.05, 0.1) is 0 Å². The van der Waals surface area contributed by atoms with Crippen LogP contribution in [0, 0.1) is 0 Å². The van der Waals surface area contributed by atoms with Gasteiger partial charge in [-0.3, -0.25) is 0 Å². The third-order valence-electron chi connectivity index (χ3n) is 3.72. The Labute approximate surface area is 147 Å².